The zero-order chi connectivity index (χ0) is 9.84. The van der Waals surface area contributed by atoms with Gasteiger partial charge >= 0.3 is 0 Å². The molecule has 13 heavy (non-hydrogen) atoms. The Bertz CT molecular complexity index is 374. The van der Waals surface area contributed by atoms with Crippen LogP contribution in [0.2, 0.25) is 0 Å². The van der Waals surface area contributed by atoms with E-state index in [1.165, 1.54) is 18.2 Å². The highest BCUT2D eigenvalue weighted by Crippen LogP contribution is 2.24. The second kappa shape index (κ2) is 4.01. The molecule has 0 aliphatic heterocycles. The van der Waals surface area contributed by atoms with Gasteiger partial charge in [-0.05, 0) is 12.1 Å². The van der Waals surface area contributed by atoms with Gasteiger partial charge in [0.1, 0.15) is 17.1 Å². The molecule has 0 aliphatic rings. The van der Waals surface area contributed by atoms with Crippen LogP contribution in [0.25, 0.3) is 0 Å². The molecule has 0 aliphatic carbocycles. The van der Waals surface area contributed by atoms with Crippen molar-refractivity contribution in [2.75, 3.05) is 0 Å². The molecule has 1 aromatic rings. The number of aliphatic hydroxyl groups excluding tert-OH is 2. The molecule has 0 amide bonds. The molecule has 1 aromatic heterocycles. The number of rotatable bonds is 2. The molecule has 4 nitrogen and oxygen atoms in total. The van der Waals surface area contributed by atoms with Crippen molar-refractivity contribution in [2.45, 2.75) is 12.2 Å². The minimum Gasteiger partial charge on any atom is -0.384 e. The normalized spacial score (nSPS) is 14.2. The van der Waals surface area contributed by atoms with Gasteiger partial charge in [-0.1, -0.05) is 0 Å². The summed E-state index contributed by atoms with van der Waals surface area (Å²) < 4.78 is 0. The summed E-state index contributed by atoms with van der Waals surface area (Å²) in [5.74, 6) is 0. The highest BCUT2D eigenvalue weighted by molar-refractivity contribution is 7.12. The first-order valence-corrected chi connectivity index (χ1v) is 4.26. The van der Waals surface area contributed by atoms with E-state index in [1.54, 1.807) is 0 Å². The second-order valence-electron chi connectivity index (χ2n) is 2.33. The van der Waals surface area contributed by atoms with Gasteiger partial charge in [-0.15, -0.1) is 11.3 Å². The van der Waals surface area contributed by atoms with Crippen molar-refractivity contribution in [1.82, 2.24) is 0 Å². The summed E-state index contributed by atoms with van der Waals surface area (Å²) in [5.41, 5.74) is 0. The van der Waals surface area contributed by atoms with Gasteiger partial charge in [-0.25, -0.2) is 0 Å². The summed E-state index contributed by atoms with van der Waals surface area (Å²) in [6, 6.07) is 6.48. The topological polar surface area (TPSA) is 88.0 Å². The molecule has 2 unspecified atom stereocenters. The summed E-state index contributed by atoms with van der Waals surface area (Å²) in [7, 11) is 0. The van der Waals surface area contributed by atoms with E-state index in [9.17, 15) is 5.11 Å². The van der Waals surface area contributed by atoms with Crippen molar-refractivity contribution in [1.29, 1.82) is 10.5 Å². The largest absolute Gasteiger partial charge is 0.384 e. The van der Waals surface area contributed by atoms with Crippen LogP contribution in [0.3, 0.4) is 0 Å². The van der Waals surface area contributed by atoms with E-state index in [4.69, 9.17) is 15.6 Å². The van der Waals surface area contributed by atoms with E-state index < -0.39 is 12.2 Å². The molecule has 0 fully saturated rings. The number of aliphatic hydroxyl groups is 2. The van der Waals surface area contributed by atoms with Crippen molar-refractivity contribution >= 4 is 11.3 Å². The summed E-state index contributed by atoms with van der Waals surface area (Å²) >= 11 is 1.06. The van der Waals surface area contributed by atoms with Crippen LogP contribution in [0.5, 0.6) is 0 Å². The lowest BCUT2D eigenvalue weighted by molar-refractivity contribution is 0.0552. The van der Waals surface area contributed by atoms with Gasteiger partial charge in [0.2, 0.25) is 0 Å². The maximum atomic E-state index is 9.33. The summed E-state index contributed by atoms with van der Waals surface area (Å²) in [4.78, 5) is 0.866. The van der Waals surface area contributed by atoms with Gasteiger partial charge in [0.05, 0.1) is 6.07 Å². The van der Waals surface area contributed by atoms with Gasteiger partial charge in [0.15, 0.2) is 6.10 Å². The zero-order valence-electron chi connectivity index (χ0n) is 6.51. The first-order chi connectivity index (χ1) is 6.19. The second-order valence-corrected chi connectivity index (χ2v) is 3.45. The minimum atomic E-state index is -1.44. The van der Waals surface area contributed by atoms with Gasteiger partial charge in [-0.3, -0.25) is 0 Å². The minimum absolute atomic E-state index is 0.422. The third kappa shape index (κ3) is 2.04. The van der Waals surface area contributed by atoms with E-state index in [-0.39, 0.29) is 0 Å². The molecule has 1 heterocycles. The molecule has 0 saturated carbocycles. The van der Waals surface area contributed by atoms with E-state index >= 15 is 0 Å². The summed E-state index contributed by atoms with van der Waals surface area (Å²) in [5, 5.41) is 35.1. The molecule has 66 valence electrons. The van der Waals surface area contributed by atoms with Crippen LogP contribution < -0.4 is 0 Å². The number of nitriles is 2. The van der Waals surface area contributed by atoms with E-state index in [0.29, 0.717) is 9.75 Å². The van der Waals surface area contributed by atoms with E-state index in [0.717, 1.165) is 11.3 Å². The molecule has 0 aromatic carbocycles. The third-order valence-corrected chi connectivity index (χ3v) is 2.52. The predicted molar refractivity (Wildman–Crippen MR) is 45.6 cm³/mol. The van der Waals surface area contributed by atoms with Gasteiger partial charge in [-0.2, -0.15) is 10.5 Å². The molecular formula is C8H6N2O2S. The molecule has 2 N–H and O–H groups in total. The van der Waals surface area contributed by atoms with Gasteiger partial charge < -0.3 is 10.2 Å². The average molecular weight is 194 g/mol. The number of hydrogen-bond donors (Lipinski definition) is 2. The van der Waals surface area contributed by atoms with Crippen molar-refractivity contribution < 1.29 is 10.2 Å². The van der Waals surface area contributed by atoms with Crippen LogP contribution in [0, 0.1) is 22.7 Å². The molecule has 2 atom stereocenters. The lowest BCUT2D eigenvalue weighted by atomic mass is 10.2. The number of nitrogens with zero attached hydrogens (tertiary/aromatic N) is 2. The SMILES string of the molecule is N#Cc1ccc(C(O)C(O)C#N)s1. The van der Waals surface area contributed by atoms with Crippen molar-refractivity contribution in [2.24, 2.45) is 0 Å². The average Bonchev–Trinajstić information content (AvgIpc) is 2.63. The third-order valence-electron chi connectivity index (χ3n) is 1.46. The lowest BCUT2D eigenvalue weighted by Gasteiger charge is -2.07. The predicted octanol–water partition coefficient (Wildman–Crippen LogP) is 0.538. The van der Waals surface area contributed by atoms with Crippen molar-refractivity contribution in [3.63, 3.8) is 0 Å². The van der Waals surface area contributed by atoms with Crippen LogP contribution in [-0.4, -0.2) is 16.3 Å². The van der Waals surface area contributed by atoms with Crippen LogP contribution in [0.1, 0.15) is 15.9 Å². The van der Waals surface area contributed by atoms with Crippen LogP contribution in [0.15, 0.2) is 12.1 Å². The maximum absolute atomic E-state index is 9.33. The Kier molecular flexibility index (Phi) is 2.99. The fourth-order valence-corrected chi connectivity index (χ4v) is 1.62. The fourth-order valence-electron chi connectivity index (χ4n) is 0.798. The Balaban J connectivity index is 2.85. The maximum Gasteiger partial charge on any atom is 0.171 e. The summed E-state index contributed by atoms with van der Waals surface area (Å²) in [6.45, 7) is 0. The molecule has 5 heteroatoms. The first kappa shape index (κ1) is 9.69. The van der Waals surface area contributed by atoms with Crippen LogP contribution >= 0.6 is 11.3 Å². The van der Waals surface area contributed by atoms with Crippen molar-refractivity contribution in [3.05, 3.63) is 21.9 Å². The smallest absolute Gasteiger partial charge is 0.171 e. The van der Waals surface area contributed by atoms with Gasteiger partial charge in [0.25, 0.3) is 0 Å². The molecule has 0 radical (unpaired) electrons. The lowest BCUT2D eigenvalue weighted by Crippen LogP contribution is -2.14. The Hall–Kier alpha value is -1.40. The standard InChI is InChI=1S/C8H6N2O2S/c9-3-5-1-2-7(13-5)8(12)6(11)4-10/h1-2,6,8,11-12H. The highest BCUT2D eigenvalue weighted by Gasteiger charge is 2.19. The highest BCUT2D eigenvalue weighted by atomic mass is 32.1. The van der Waals surface area contributed by atoms with E-state index in [2.05, 4.69) is 0 Å². The van der Waals surface area contributed by atoms with Crippen molar-refractivity contribution in [3.8, 4) is 12.1 Å². The van der Waals surface area contributed by atoms with Gasteiger partial charge in [0, 0.05) is 4.88 Å². The Morgan fingerprint density at radius 1 is 1.31 bits per heavy atom. The summed E-state index contributed by atoms with van der Waals surface area (Å²) in [6.07, 6.45) is -2.66. The Morgan fingerprint density at radius 2 is 2.00 bits per heavy atom. The number of hydrogen-bond acceptors (Lipinski definition) is 5. The zero-order valence-corrected chi connectivity index (χ0v) is 7.32. The molecule has 0 spiro atoms. The van der Waals surface area contributed by atoms with Crippen LogP contribution in [-0.2, 0) is 0 Å². The quantitative estimate of drug-likeness (QED) is 0.672. The molecule has 0 saturated heterocycles. The Morgan fingerprint density at radius 3 is 2.46 bits per heavy atom. The van der Waals surface area contributed by atoms with Crippen LogP contribution in [0.4, 0.5) is 0 Å². The number of thiophene rings is 1. The molecular weight excluding hydrogens is 188 g/mol. The molecule has 1 rings (SSSR count). The Labute approximate surface area is 78.9 Å². The first-order valence-electron chi connectivity index (χ1n) is 3.44. The molecule has 0 bridgehead atoms. The monoisotopic (exact) mass is 194 g/mol. The fraction of sp³-hybridized carbons (Fsp3) is 0.250. The van der Waals surface area contributed by atoms with E-state index in [1.807, 2.05) is 6.07 Å².